The summed E-state index contributed by atoms with van der Waals surface area (Å²) in [6.07, 6.45) is 1.47. The summed E-state index contributed by atoms with van der Waals surface area (Å²) >= 11 is 6.14. The lowest BCUT2D eigenvalue weighted by Gasteiger charge is -2.14. The molecular weight excluding hydrogens is 368 g/mol. The Morgan fingerprint density at radius 2 is 1.44 bits per heavy atom. The molecule has 0 unspecified atom stereocenters. The molecule has 27 heavy (non-hydrogen) atoms. The van der Waals surface area contributed by atoms with E-state index >= 15 is 0 Å². The van der Waals surface area contributed by atoms with Gasteiger partial charge in [-0.3, -0.25) is 0 Å². The largest absolute Gasteiger partial charge is 0.497 e. The predicted molar refractivity (Wildman–Crippen MR) is 106 cm³/mol. The van der Waals surface area contributed by atoms with E-state index in [4.69, 9.17) is 25.8 Å². The number of hydrogen-bond acceptors (Lipinski definition) is 7. The van der Waals surface area contributed by atoms with Crippen LogP contribution in [0.3, 0.4) is 0 Å². The minimum atomic E-state index is 0.462. The molecule has 8 heteroatoms. The Kier molecular flexibility index (Phi) is 5.83. The van der Waals surface area contributed by atoms with Crippen LogP contribution in [0.1, 0.15) is 0 Å². The van der Waals surface area contributed by atoms with E-state index in [1.54, 1.807) is 39.5 Å². The third kappa shape index (κ3) is 4.51. The van der Waals surface area contributed by atoms with Crippen LogP contribution in [0.4, 0.5) is 23.0 Å². The maximum atomic E-state index is 6.14. The molecular formula is C19H19ClN4O3. The average Bonchev–Trinajstić information content (AvgIpc) is 2.70. The molecule has 7 nitrogen and oxygen atoms in total. The van der Waals surface area contributed by atoms with Crippen LogP contribution in [0.15, 0.2) is 48.8 Å². The van der Waals surface area contributed by atoms with Crippen molar-refractivity contribution in [3.63, 3.8) is 0 Å². The van der Waals surface area contributed by atoms with Crippen LogP contribution in [0.5, 0.6) is 17.2 Å². The molecule has 0 aliphatic carbocycles. The zero-order valence-corrected chi connectivity index (χ0v) is 15.9. The molecule has 0 atom stereocenters. The van der Waals surface area contributed by atoms with Crippen LogP contribution in [0.25, 0.3) is 0 Å². The van der Waals surface area contributed by atoms with Gasteiger partial charge in [-0.1, -0.05) is 11.6 Å². The lowest BCUT2D eigenvalue weighted by atomic mass is 10.2. The van der Waals surface area contributed by atoms with E-state index in [2.05, 4.69) is 20.6 Å². The van der Waals surface area contributed by atoms with Gasteiger partial charge >= 0.3 is 0 Å². The maximum Gasteiger partial charge on any atom is 0.144 e. The van der Waals surface area contributed by atoms with Crippen LogP contribution < -0.4 is 24.8 Å². The number of ether oxygens (including phenoxy) is 3. The van der Waals surface area contributed by atoms with Crippen molar-refractivity contribution in [2.24, 2.45) is 0 Å². The van der Waals surface area contributed by atoms with E-state index < -0.39 is 0 Å². The molecule has 0 aliphatic heterocycles. The Morgan fingerprint density at radius 1 is 0.778 bits per heavy atom. The molecule has 3 aromatic rings. The number of aromatic nitrogens is 2. The van der Waals surface area contributed by atoms with Gasteiger partial charge in [0.1, 0.15) is 35.2 Å². The van der Waals surface area contributed by atoms with Gasteiger partial charge in [-0.05, 0) is 24.3 Å². The van der Waals surface area contributed by atoms with Crippen LogP contribution in [-0.2, 0) is 0 Å². The number of rotatable bonds is 7. The van der Waals surface area contributed by atoms with Gasteiger partial charge in [-0.2, -0.15) is 0 Å². The van der Waals surface area contributed by atoms with E-state index in [0.717, 1.165) is 11.4 Å². The van der Waals surface area contributed by atoms with Gasteiger partial charge in [0.25, 0.3) is 0 Å². The molecule has 0 spiro atoms. The van der Waals surface area contributed by atoms with Crippen LogP contribution in [-0.4, -0.2) is 31.3 Å². The lowest BCUT2D eigenvalue weighted by Crippen LogP contribution is -2.00. The third-order valence-corrected chi connectivity index (χ3v) is 4.06. The van der Waals surface area contributed by atoms with Gasteiger partial charge in [0.15, 0.2) is 0 Å². The zero-order valence-electron chi connectivity index (χ0n) is 15.1. The first-order valence-corrected chi connectivity index (χ1v) is 8.42. The van der Waals surface area contributed by atoms with Crippen molar-refractivity contribution in [1.29, 1.82) is 0 Å². The highest BCUT2D eigenvalue weighted by Crippen LogP contribution is 2.37. The van der Waals surface area contributed by atoms with Crippen LogP contribution >= 0.6 is 11.6 Å². The first-order valence-electron chi connectivity index (χ1n) is 8.04. The summed E-state index contributed by atoms with van der Waals surface area (Å²) in [7, 11) is 4.75. The van der Waals surface area contributed by atoms with Gasteiger partial charge in [-0.25, -0.2) is 9.97 Å². The normalized spacial score (nSPS) is 10.2. The average molecular weight is 387 g/mol. The second-order valence-corrected chi connectivity index (χ2v) is 5.86. The van der Waals surface area contributed by atoms with E-state index in [1.165, 1.54) is 6.33 Å². The standard InChI is InChI=1S/C19H19ClN4O3/c1-25-13-6-4-12(5-7-13)23-18-10-19(22-11-21-18)24-15-9-16(26-2)14(20)8-17(15)27-3/h4-11H,1-3H3,(H2,21,22,23,24). The fourth-order valence-electron chi connectivity index (χ4n) is 2.41. The van der Waals surface area contributed by atoms with Gasteiger partial charge in [0.05, 0.1) is 32.0 Å². The molecule has 0 saturated carbocycles. The summed E-state index contributed by atoms with van der Waals surface area (Å²) in [5.41, 5.74) is 1.55. The topological polar surface area (TPSA) is 77.5 Å². The molecule has 0 radical (unpaired) electrons. The van der Waals surface area contributed by atoms with Crippen molar-refractivity contribution < 1.29 is 14.2 Å². The van der Waals surface area contributed by atoms with E-state index in [9.17, 15) is 0 Å². The maximum absolute atomic E-state index is 6.14. The second-order valence-electron chi connectivity index (χ2n) is 5.45. The SMILES string of the molecule is COc1ccc(Nc2cc(Nc3cc(OC)c(Cl)cc3OC)ncn2)cc1. The number of nitrogens with zero attached hydrogens (tertiary/aromatic N) is 2. The van der Waals surface area contributed by atoms with E-state index in [1.807, 2.05) is 24.3 Å². The molecule has 0 amide bonds. The quantitative estimate of drug-likeness (QED) is 0.612. The number of halogens is 1. The molecule has 0 fully saturated rings. The molecule has 1 heterocycles. The summed E-state index contributed by atoms with van der Waals surface area (Å²) in [4.78, 5) is 8.48. The molecule has 3 rings (SSSR count). The van der Waals surface area contributed by atoms with E-state index in [-0.39, 0.29) is 0 Å². The molecule has 2 N–H and O–H groups in total. The first-order chi connectivity index (χ1) is 13.1. The highest BCUT2D eigenvalue weighted by atomic mass is 35.5. The number of hydrogen-bond donors (Lipinski definition) is 2. The molecule has 140 valence electrons. The Balaban J connectivity index is 1.81. The molecule has 1 aromatic heterocycles. The highest BCUT2D eigenvalue weighted by molar-refractivity contribution is 6.32. The van der Waals surface area contributed by atoms with Crippen LogP contribution in [0, 0.1) is 0 Å². The molecule has 0 saturated heterocycles. The van der Waals surface area contributed by atoms with Crippen LogP contribution in [0.2, 0.25) is 5.02 Å². The Bertz CT molecular complexity index is 919. The predicted octanol–water partition coefficient (Wildman–Crippen LogP) is 4.64. The Morgan fingerprint density at radius 3 is 2.07 bits per heavy atom. The van der Waals surface area contributed by atoms with Crippen molar-refractivity contribution in [2.45, 2.75) is 0 Å². The van der Waals surface area contributed by atoms with Crippen molar-refractivity contribution in [2.75, 3.05) is 32.0 Å². The van der Waals surface area contributed by atoms with Crippen molar-refractivity contribution in [1.82, 2.24) is 9.97 Å². The smallest absolute Gasteiger partial charge is 0.144 e. The molecule has 2 aromatic carbocycles. The van der Waals surface area contributed by atoms with Crippen molar-refractivity contribution in [3.8, 4) is 17.2 Å². The second kappa shape index (κ2) is 8.46. The fourth-order valence-corrected chi connectivity index (χ4v) is 2.64. The van der Waals surface area contributed by atoms with E-state index in [0.29, 0.717) is 33.8 Å². The summed E-state index contributed by atoms with van der Waals surface area (Å²) < 4.78 is 15.8. The first kappa shape index (κ1) is 18.6. The molecule has 0 bridgehead atoms. The minimum absolute atomic E-state index is 0.462. The third-order valence-electron chi connectivity index (χ3n) is 3.77. The molecule has 0 aliphatic rings. The van der Waals surface area contributed by atoms with Crippen molar-refractivity contribution in [3.05, 3.63) is 53.8 Å². The zero-order chi connectivity index (χ0) is 19.2. The number of anilines is 4. The van der Waals surface area contributed by atoms with Crippen molar-refractivity contribution >= 4 is 34.6 Å². The Hall–Kier alpha value is -3.19. The highest BCUT2D eigenvalue weighted by Gasteiger charge is 2.11. The summed E-state index contributed by atoms with van der Waals surface area (Å²) in [5, 5.41) is 6.88. The van der Waals surface area contributed by atoms with Gasteiger partial charge in [0, 0.05) is 23.9 Å². The monoisotopic (exact) mass is 386 g/mol. The summed E-state index contributed by atoms with van der Waals surface area (Å²) in [6, 6.07) is 12.8. The van der Waals surface area contributed by atoms with Gasteiger partial charge in [-0.15, -0.1) is 0 Å². The number of methoxy groups -OCH3 is 3. The fraction of sp³-hybridized carbons (Fsp3) is 0.158. The van der Waals surface area contributed by atoms with Gasteiger partial charge in [0.2, 0.25) is 0 Å². The van der Waals surface area contributed by atoms with Gasteiger partial charge < -0.3 is 24.8 Å². The Labute approximate surface area is 162 Å². The lowest BCUT2D eigenvalue weighted by molar-refractivity contribution is 0.405. The number of benzene rings is 2. The summed E-state index contributed by atoms with van der Waals surface area (Å²) in [6.45, 7) is 0. The minimum Gasteiger partial charge on any atom is -0.497 e. The summed E-state index contributed by atoms with van der Waals surface area (Å²) in [5.74, 6) is 3.12. The number of nitrogens with one attached hydrogen (secondary N) is 2.